The van der Waals surface area contributed by atoms with E-state index in [1.165, 1.54) is 0 Å². The lowest BCUT2D eigenvalue weighted by Gasteiger charge is -2.39. The van der Waals surface area contributed by atoms with E-state index in [-0.39, 0.29) is 30.3 Å². The molecule has 0 bridgehead atoms. The number of piperidine rings is 1. The number of urea groups is 1. The van der Waals surface area contributed by atoms with E-state index in [4.69, 9.17) is 4.74 Å². The third kappa shape index (κ3) is 2.93. The normalized spacial score (nSPS) is 19.6. The van der Waals surface area contributed by atoms with E-state index in [1.54, 1.807) is 4.90 Å². The van der Waals surface area contributed by atoms with Crippen molar-refractivity contribution in [2.24, 2.45) is 0 Å². The number of H-pyrrole nitrogens is 1. The maximum absolute atomic E-state index is 12.4. The quantitative estimate of drug-likeness (QED) is 0.650. The summed E-state index contributed by atoms with van der Waals surface area (Å²) in [4.78, 5) is 44.7. The molecule has 2 N–H and O–H groups in total. The van der Waals surface area contributed by atoms with Crippen molar-refractivity contribution in [3.63, 3.8) is 0 Å². The van der Waals surface area contributed by atoms with Crippen molar-refractivity contribution < 1.29 is 14.3 Å². The highest BCUT2D eigenvalue weighted by Gasteiger charge is 2.37. The molecule has 8 nitrogen and oxygen atoms in total. The number of ether oxygens (including phenoxy) is 1. The monoisotopic (exact) mass is 320 g/mol. The van der Waals surface area contributed by atoms with Crippen LogP contribution in [0.4, 0.5) is 10.6 Å². The van der Waals surface area contributed by atoms with Crippen LogP contribution < -0.4 is 10.9 Å². The topological polar surface area (TPSA) is 104 Å². The SMILES string of the molecule is CCCCOC(=O)c1nc2c(c(=O)[nH]1)C1CCCCN1C(=O)N2. The molecule has 2 aliphatic heterocycles. The molecule has 2 aliphatic rings. The summed E-state index contributed by atoms with van der Waals surface area (Å²) in [6.07, 6.45) is 4.25. The average molecular weight is 320 g/mol. The molecule has 1 fully saturated rings. The zero-order chi connectivity index (χ0) is 16.4. The molecule has 1 aromatic heterocycles. The van der Waals surface area contributed by atoms with Crippen molar-refractivity contribution in [3.8, 4) is 0 Å². The van der Waals surface area contributed by atoms with Gasteiger partial charge in [0, 0.05) is 6.54 Å². The minimum absolute atomic E-state index is 0.171. The first-order valence-corrected chi connectivity index (χ1v) is 8.00. The van der Waals surface area contributed by atoms with Crippen molar-refractivity contribution in [1.29, 1.82) is 0 Å². The standard InChI is InChI=1S/C15H20N4O4/c1-2-3-8-23-14(21)12-16-11-10(13(20)17-12)9-6-4-5-7-19(9)15(22)18-11/h9H,2-8H2,1H3,(H2,16,17,18,20,22). The molecule has 0 aromatic carbocycles. The number of unbranched alkanes of at least 4 members (excludes halogenated alkanes) is 1. The maximum atomic E-state index is 12.4. The predicted molar refractivity (Wildman–Crippen MR) is 82.4 cm³/mol. The smallest absolute Gasteiger partial charge is 0.374 e. The van der Waals surface area contributed by atoms with Gasteiger partial charge in [-0.2, -0.15) is 0 Å². The zero-order valence-electron chi connectivity index (χ0n) is 13.1. The van der Waals surface area contributed by atoms with E-state index in [1.807, 2.05) is 6.92 Å². The Bertz CT molecular complexity index is 685. The van der Waals surface area contributed by atoms with Gasteiger partial charge < -0.3 is 14.6 Å². The van der Waals surface area contributed by atoms with Crippen molar-refractivity contribution in [2.45, 2.75) is 45.1 Å². The van der Waals surface area contributed by atoms with Gasteiger partial charge >= 0.3 is 12.0 Å². The molecule has 2 amide bonds. The highest BCUT2D eigenvalue weighted by Crippen LogP contribution is 2.35. The Morgan fingerprint density at radius 3 is 3.00 bits per heavy atom. The van der Waals surface area contributed by atoms with Crippen LogP contribution in [-0.4, -0.2) is 40.0 Å². The Hall–Kier alpha value is -2.38. The van der Waals surface area contributed by atoms with Gasteiger partial charge in [0.25, 0.3) is 5.56 Å². The number of carbonyl (C=O) groups excluding carboxylic acids is 2. The van der Waals surface area contributed by atoms with Crippen LogP contribution in [0.25, 0.3) is 0 Å². The predicted octanol–water partition coefficient (Wildman–Crippen LogP) is 1.80. The highest BCUT2D eigenvalue weighted by atomic mass is 16.5. The van der Waals surface area contributed by atoms with Crippen LogP contribution in [0.2, 0.25) is 0 Å². The molecule has 3 rings (SSSR count). The van der Waals surface area contributed by atoms with Crippen LogP contribution in [0.3, 0.4) is 0 Å². The molecule has 23 heavy (non-hydrogen) atoms. The molecular formula is C15H20N4O4. The maximum Gasteiger partial charge on any atom is 0.374 e. The van der Waals surface area contributed by atoms with Crippen LogP contribution in [0.5, 0.6) is 0 Å². The van der Waals surface area contributed by atoms with Crippen molar-refractivity contribution in [2.75, 3.05) is 18.5 Å². The van der Waals surface area contributed by atoms with Crippen molar-refractivity contribution in [3.05, 3.63) is 21.7 Å². The Labute approximate surface area is 133 Å². The van der Waals surface area contributed by atoms with Gasteiger partial charge in [-0.15, -0.1) is 0 Å². The first-order valence-electron chi connectivity index (χ1n) is 8.00. The summed E-state index contributed by atoms with van der Waals surface area (Å²) in [7, 11) is 0. The number of rotatable bonds is 4. The van der Waals surface area contributed by atoms with E-state index >= 15 is 0 Å². The summed E-state index contributed by atoms with van der Waals surface area (Å²) in [5.74, 6) is -0.683. The molecule has 0 radical (unpaired) electrons. The minimum atomic E-state index is -0.682. The van der Waals surface area contributed by atoms with Crippen molar-refractivity contribution in [1.82, 2.24) is 14.9 Å². The van der Waals surface area contributed by atoms with Gasteiger partial charge in [0.2, 0.25) is 5.82 Å². The Morgan fingerprint density at radius 1 is 1.39 bits per heavy atom. The summed E-state index contributed by atoms with van der Waals surface area (Å²) < 4.78 is 5.05. The largest absolute Gasteiger partial charge is 0.460 e. The molecule has 1 unspecified atom stereocenters. The molecule has 8 heteroatoms. The summed E-state index contributed by atoms with van der Waals surface area (Å²) in [5.41, 5.74) is 0.0312. The van der Waals surface area contributed by atoms with Gasteiger partial charge in [0.05, 0.1) is 18.2 Å². The third-order valence-electron chi connectivity index (χ3n) is 4.20. The fourth-order valence-corrected chi connectivity index (χ4v) is 3.01. The fraction of sp³-hybridized carbons (Fsp3) is 0.600. The molecule has 1 aromatic rings. The van der Waals surface area contributed by atoms with Gasteiger partial charge in [-0.1, -0.05) is 13.3 Å². The first kappa shape index (κ1) is 15.5. The summed E-state index contributed by atoms with van der Waals surface area (Å²) in [6, 6.07) is -0.542. The molecule has 0 saturated carbocycles. The molecule has 1 atom stereocenters. The minimum Gasteiger partial charge on any atom is -0.460 e. The van der Waals surface area contributed by atoms with Crippen LogP contribution in [0, 0.1) is 0 Å². The number of esters is 1. The molecule has 0 aliphatic carbocycles. The Balaban J connectivity index is 1.90. The van der Waals surface area contributed by atoms with Crippen LogP contribution >= 0.6 is 0 Å². The number of hydrogen-bond acceptors (Lipinski definition) is 5. The first-order chi connectivity index (χ1) is 11.1. The number of hydrogen-bond donors (Lipinski definition) is 2. The van der Waals surface area contributed by atoms with E-state index in [0.717, 1.165) is 32.1 Å². The Kier molecular flexibility index (Phi) is 4.31. The fourth-order valence-electron chi connectivity index (χ4n) is 3.01. The Morgan fingerprint density at radius 2 is 2.22 bits per heavy atom. The lowest BCUT2D eigenvalue weighted by atomic mass is 9.95. The van der Waals surface area contributed by atoms with Crippen LogP contribution in [-0.2, 0) is 4.74 Å². The van der Waals surface area contributed by atoms with Crippen LogP contribution in [0.1, 0.15) is 61.3 Å². The molecule has 124 valence electrons. The van der Waals surface area contributed by atoms with E-state index in [9.17, 15) is 14.4 Å². The van der Waals surface area contributed by atoms with Gasteiger partial charge in [-0.05, 0) is 25.7 Å². The van der Waals surface area contributed by atoms with Gasteiger partial charge in [0.15, 0.2) is 0 Å². The number of anilines is 1. The number of fused-ring (bicyclic) bond motifs is 3. The summed E-state index contributed by atoms with van der Waals surface area (Å²) >= 11 is 0. The van der Waals surface area contributed by atoms with Gasteiger partial charge in [-0.25, -0.2) is 14.6 Å². The molecule has 3 heterocycles. The van der Waals surface area contributed by atoms with E-state index < -0.39 is 11.5 Å². The number of aromatic nitrogens is 2. The lowest BCUT2D eigenvalue weighted by molar-refractivity contribution is 0.0484. The van der Waals surface area contributed by atoms with Crippen LogP contribution in [0.15, 0.2) is 4.79 Å². The third-order valence-corrected chi connectivity index (χ3v) is 4.20. The second kappa shape index (κ2) is 6.39. The van der Waals surface area contributed by atoms with E-state index in [0.29, 0.717) is 12.1 Å². The summed E-state index contributed by atoms with van der Waals surface area (Å²) in [5, 5.41) is 2.61. The van der Waals surface area contributed by atoms with Gasteiger partial charge in [0.1, 0.15) is 5.82 Å². The lowest BCUT2D eigenvalue weighted by Crippen LogP contribution is -2.47. The number of nitrogens with zero attached hydrogens (tertiary/aromatic N) is 2. The highest BCUT2D eigenvalue weighted by molar-refractivity contribution is 5.93. The van der Waals surface area contributed by atoms with Gasteiger partial charge in [-0.3, -0.25) is 10.1 Å². The summed E-state index contributed by atoms with van der Waals surface area (Å²) in [6.45, 7) is 2.88. The second-order valence-corrected chi connectivity index (χ2v) is 5.80. The molecular weight excluding hydrogens is 300 g/mol. The number of carbonyl (C=O) groups is 2. The average Bonchev–Trinajstić information content (AvgIpc) is 2.54. The number of amides is 2. The number of aromatic amines is 1. The van der Waals surface area contributed by atoms with E-state index in [2.05, 4.69) is 15.3 Å². The van der Waals surface area contributed by atoms with Crippen molar-refractivity contribution >= 4 is 17.8 Å². The molecule has 1 saturated heterocycles. The molecule has 0 spiro atoms. The number of nitrogens with one attached hydrogen (secondary N) is 2. The second-order valence-electron chi connectivity index (χ2n) is 5.80. The zero-order valence-corrected chi connectivity index (χ0v) is 13.1.